The SMILES string of the molecule is [B]C(O)(O)n1cc2c(Br)ccc(C(=O)OC)c2n1. The zero-order valence-electron chi connectivity index (χ0n) is 9.29. The summed E-state index contributed by atoms with van der Waals surface area (Å²) in [5, 5.41) is 22.9. The molecule has 0 fully saturated rings. The van der Waals surface area contributed by atoms with E-state index in [9.17, 15) is 15.0 Å². The van der Waals surface area contributed by atoms with Crippen LogP contribution in [0.5, 0.6) is 0 Å². The highest BCUT2D eigenvalue weighted by Crippen LogP contribution is 2.27. The van der Waals surface area contributed by atoms with Crippen molar-refractivity contribution in [1.29, 1.82) is 0 Å². The van der Waals surface area contributed by atoms with Crippen molar-refractivity contribution in [2.45, 2.75) is 5.81 Å². The van der Waals surface area contributed by atoms with Crippen LogP contribution in [0.4, 0.5) is 0 Å². The van der Waals surface area contributed by atoms with Gasteiger partial charge in [0.05, 0.1) is 12.7 Å². The fourth-order valence-electron chi connectivity index (χ4n) is 1.52. The van der Waals surface area contributed by atoms with Gasteiger partial charge >= 0.3 is 5.97 Å². The summed E-state index contributed by atoms with van der Waals surface area (Å²) < 4.78 is 6.00. The van der Waals surface area contributed by atoms with E-state index in [0.29, 0.717) is 9.86 Å². The molecule has 18 heavy (non-hydrogen) atoms. The molecule has 8 heteroatoms. The van der Waals surface area contributed by atoms with Crippen molar-refractivity contribution in [2.75, 3.05) is 7.11 Å². The predicted octanol–water partition coefficient (Wildman–Crippen LogP) is 0.306. The van der Waals surface area contributed by atoms with Crippen molar-refractivity contribution in [3.05, 3.63) is 28.4 Å². The number of hydrogen-bond acceptors (Lipinski definition) is 5. The number of carbonyl (C=O) groups is 1. The van der Waals surface area contributed by atoms with Crippen LogP contribution in [0.1, 0.15) is 10.4 Å². The van der Waals surface area contributed by atoms with E-state index < -0.39 is 11.8 Å². The van der Waals surface area contributed by atoms with Crippen molar-refractivity contribution in [1.82, 2.24) is 9.78 Å². The van der Waals surface area contributed by atoms with Crippen LogP contribution in [-0.2, 0) is 10.5 Å². The number of aliphatic hydroxyl groups is 2. The van der Waals surface area contributed by atoms with Gasteiger partial charge in [0, 0.05) is 16.1 Å². The summed E-state index contributed by atoms with van der Waals surface area (Å²) in [6.45, 7) is 0. The second kappa shape index (κ2) is 4.38. The topological polar surface area (TPSA) is 84.6 Å². The quantitative estimate of drug-likeness (QED) is 0.474. The monoisotopic (exact) mass is 310 g/mol. The molecule has 0 aliphatic heterocycles. The molecule has 0 atom stereocenters. The molecule has 0 spiro atoms. The van der Waals surface area contributed by atoms with Crippen LogP contribution in [0.25, 0.3) is 10.9 Å². The van der Waals surface area contributed by atoms with Crippen LogP contribution in [0.3, 0.4) is 0 Å². The molecule has 0 aliphatic carbocycles. The van der Waals surface area contributed by atoms with E-state index in [1.807, 2.05) is 0 Å². The van der Waals surface area contributed by atoms with Gasteiger partial charge in [-0.3, -0.25) is 0 Å². The lowest BCUT2D eigenvalue weighted by molar-refractivity contribution is -0.159. The minimum absolute atomic E-state index is 0.207. The fourth-order valence-corrected chi connectivity index (χ4v) is 1.94. The highest BCUT2D eigenvalue weighted by atomic mass is 79.9. The second-order valence-electron chi connectivity index (χ2n) is 3.61. The molecule has 6 nitrogen and oxygen atoms in total. The molecule has 2 aromatic rings. The smallest absolute Gasteiger partial charge is 0.340 e. The number of carbonyl (C=O) groups excluding carboxylic acids is 1. The summed E-state index contributed by atoms with van der Waals surface area (Å²) in [5.74, 6) is -3.21. The first-order valence-electron chi connectivity index (χ1n) is 4.85. The number of ether oxygens (including phenoxy) is 1. The van der Waals surface area contributed by atoms with Crippen LogP contribution in [0, 0.1) is 0 Å². The standard InChI is InChI=1S/C10H8BBrN2O4/c1-18-9(15)5-2-3-7(12)6-4-14(10(11,16)17)13-8(5)6/h2-4,16-17H,1H3. The Hall–Kier alpha value is -1.38. The number of aromatic nitrogens is 2. The predicted molar refractivity (Wildman–Crippen MR) is 66.9 cm³/mol. The van der Waals surface area contributed by atoms with Crippen molar-refractivity contribution < 1.29 is 19.7 Å². The first-order valence-corrected chi connectivity index (χ1v) is 5.64. The molecule has 1 aromatic heterocycles. The maximum atomic E-state index is 11.6. The molecule has 0 saturated heterocycles. The molecule has 0 saturated carbocycles. The third-order valence-electron chi connectivity index (χ3n) is 2.37. The van der Waals surface area contributed by atoms with Crippen LogP contribution in [-0.4, -0.2) is 40.9 Å². The van der Waals surface area contributed by atoms with Gasteiger partial charge in [0.2, 0.25) is 5.81 Å². The molecule has 2 radical (unpaired) electrons. The fraction of sp³-hybridized carbons (Fsp3) is 0.200. The Morgan fingerprint density at radius 1 is 1.56 bits per heavy atom. The van der Waals surface area contributed by atoms with Gasteiger partial charge in [0.25, 0.3) is 0 Å². The van der Waals surface area contributed by atoms with E-state index >= 15 is 0 Å². The first kappa shape index (κ1) is 13.1. The first-order chi connectivity index (χ1) is 8.34. The van der Waals surface area contributed by atoms with Gasteiger partial charge in [0.15, 0.2) is 7.85 Å². The summed E-state index contributed by atoms with van der Waals surface area (Å²) in [4.78, 5) is 11.6. The summed E-state index contributed by atoms with van der Waals surface area (Å²) >= 11 is 3.27. The third-order valence-corrected chi connectivity index (χ3v) is 3.06. The van der Waals surface area contributed by atoms with Gasteiger partial charge in [-0.05, 0) is 12.1 Å². The molecule has 0 aliphatic rings. The Balaban J connectivity index is 2.73. The van der Waals surface area contributed by atoms with Gasteiger partial charge in [-0.2, -0.15) is 5.10 Å². The Morgan fingerprint density at radius 2 is 2.22 bits per heavy atom. The molecule has 0 amide bonds. The molecular formula is C10H8BBrN2O4. The van der Waals surface area contributed by atoms with Gasteiger partial charge < -0.3 is 14.9 Å². The number of esters is 1. The highest BCUT2D eigenvalue weighted by molar-refractivity contribution is 9.10. The average Bonchev–Trinajstić information content (AvgIpc) is 2.74. The van der Waals surface area contributed by atoms with Crippen molar-refractivity contribution in [3.8, 4) is 0 Å². The van der Waals surface area contributed by atoms with Crippen molar-refractivity contribution in [3.63, 3.8) is 0 Å². The number of hydrogen-bond donors (Lipinski definition) is 2. The summed E-state index contributed by atoms with van der Waals surface area (Å²) in [7, 11) is 6.36. The van der Waals surface area contributed by atoms with Gasteiger partial charge in [0.1, 0.15) is 5.52 Å². The maximum absolute atomic E-state index is 11.6. The lowest BCUT2D eigenvalue weighted by Crippen LogP contribution is -2.33. The molecule has 2 N–H and O–H groups in total. The summed E-state index contributed by atoms with van der Waals surface area (Å²) in [6, 6.07) is 3.15. The summed E-state index contributed by atoms with van der Waals surface area (Å²) in [6.07, 6.45) is 1.31. The zero-order chi connectivity index (χ0) is 13.5. The van der Waals surface area contributed by atoms with E-state index in [4.69, 9.17) is 7.85 Å². The number of fused-ring (bicyclic) bond motifs is 1. The largest absolute Gasteiger partial charge is 0.465 e. The van der Waals surface area contributed by atoms with E-state index in [1.54, 1.807) is 6.07 Å². The molecule has 2 rings (SSSR count). The van der Waals surface area contributed by atoms with Crippen LogP contribution in [0.15, 0.2) is 22.8 Å². The number of methoxy groups -OCH3 is 1. The van der Waals surface area contributed by atoms with Crippen molar-refractivity contribution in [2.24, 2.45) is 0 Å². The normalized spacial score (nSPS) is 11.8. The Kier molecular flexibility index (Phi) is 3.18. The van der Waals surface area contributed by atoms with Crippen LogP contribution in [0.2, 0.25) is 0 Å². The van der Waals surface area contributed by atoms with Crippen LogP contribution < -0.4 is 0 Å². The van der Waals surface area contributed by atoms with Gasteiger partial charge in [-0.25, -0.2) is 9.48 Å². The molecule has 0 unspecified atom stereocenters. The highest BCUT2D eigenvalue weighted by Gasteiger charge is 2.22. The second-order valence-corrected chi connectivity index (χ2v) is 4.46. The Labute approximate surface area is 112 Å². The lowest BCUT2D eigenvalue weighted by atomic mass is 10.1. The average molecular weight is 311 g/mol. The van der Waals surface area contributed by atoms with E-state index in [0.717, 1.165) is 4.68 Å². The van der Waals surface area contributed by atoms with Crippen molar-refractivity contribution >= 4 is 40.6 Å². The number of nitrogens with zero attached hydrogens (tertiary/aromatic N) is 2. The Bertz CT molecular complexity index is 620. The van der Waals surface area contributed by atoms with Gasteiger partial charge in [-0.1, -0.05) is 15.9 Å². The summed E-state index contributed by atoms with van der Waals surface area (Å²) in [5.41, 5.74) is 0.466. The zero-order valence-corrected chi connectivity index (χ0v) is 10.9. The van der Waals surface area contributed by atoms with E-state index in [-0.39, 0.29) is 11.1 Å². The van der Waals surface area contributed by atoms with E-state index in [1.165, 1.54) is 19.4 Å². The minimum atomic E-state index is -2.63. The van der Waals surface area contributed by atoms with Gasteiger partial charge in [-0.15, -0.1) is 0 Å². The number of rotatable bonds is 2. The molecule has 92 valence electrons. The Morgan fingerprint density at radius 3 is 2.78 bits per heavy atom. The molecule has 1 heterocycles. The van der Waals surface area contributed by atoms with Crippen LogP contribution >= 0.6 is 15.9 Å². The number of halogens is 1. The molecule has 0 bridgehead atoms. The molecular weight excluding hydrogens is 303 g/mol. The maximum Gasteiger partial charge on any atom is 0.340 e. The lowest BCUT2D eigenvalue weighted by Gasteiger charge is -2.16. The minimum Gasteiger partial charge on any atom is -0.465 e. The number of benzene rings is 1. The molecule has 1 aromatic carbocycles. The van der Waals surface area contributed by atoms with E-state index in [2.05, 4.69) is 25.8 Å². The third kappa shape index (κ3) is 2.14.